The number of nitrogens with zero attached hydrogens (tertiary/aromatic N) is 3. The lowest BCUT2D eigenvalue weighted by molar-refractivity contribution is -0.133. The van der Waals surface area contributed by atoms with E-state index in [0.29, 0.717) is 57.8 Å². The topological polar surface area (TPSA) is 89.7 Å². The van der Waals surface area contributed by atoms with Crippen LogP contribution < -0.4 is 14.8 Å². The predicted octanol–water partition coefficient (Wildman–Crippen LogP) is 7.93. The number of benzene rings is 2. The molecule has 0 aliphatic carbocycles. The Bertz CT molecular complexity index is 1780. The molecule has 11 heteroatoms. The molecule has 4 heterocycles. The van der Waals surface area contributed by atoms with E-state index in [-0.39, 0.29) is 17.4 Å². The van der Waals surface area contributed by atoms with Crippen molar-refractivity contribution in [3.8, 4) is 23.1 Å². The van der Waals surface area contributed by atoms with Gasteiger partial charge in [0.1, 0.15) is 29.2 Å². The molecular weight excluding hydrogens is 595 g/mol. The van der Waals surface area contributed by atoms with Crippen LogP contribution in [0.3, 0.4) is 0 Å². The molecule has 2 atom stereocenters. The van der Waals surface area contributed by atoms with Gasteiger partial charge in [0.25, 0.3) is 0 Å². The number of methoxy groups -OCH3 is 1. The van der Waals surface area contributed by atoms with Gasteiger partial charge >= 0.3 is 0 Å². The Kier molecular flexibility index (Phi) is 7.68. The first-order chi connectivity index (χ1) is 20.1. The second-order valence-corrected chi connectivity index (χ2v) is 13.1. The third kappa shape index (κ3) is 5.73. The fourth-order valence-electron chi connectivity index (χ4n) is 5.15. The smallest absolute Gasteiger partial charge is 0.245 e. The van der Waals surface area contributed by atoms with E-state index in [9.17, 15) is 4.79 Å². The fourth-order valence-corrected chi connectivity index (χ4v) is 6.23. The highest BCUT2D eigenvalue weighted by molar-refractivity contribution is 7.14. The molecule has 0 spiro atoms. The fraction of sp³-hybridized carbons (Fsp3) is 0.323. The minimum atomic E-state index is -0.497. The van der Waals surface area contributed by atoms with Crippen LogP contribution in [0.25, 0.3) is 33.2 Å². The molecule has 6 rings (SSSR count). The van der Waals surface area contributed by atoms with Crippen molar-refractivity contribution in [1.82, 2.24) is 14.9 Å². The van der Waals surface area contributed by atoms with Crippen LogP contribution in [-0.4, -0.2) is 53.1 Å². The summed E-state index contributed by atoms with van der Waals surface area (Å²) in [6.45, 7) is 7.16. The Labute approximate surface area is 257 Å². The van der Waals surface area contributed by atoms with Gasteiger partial charge in [-0.25, -0.2) is 9.97 Å². The summed E-state index contributed by atoms with van der Waals surface area (Å²) in [7, 11) is 1.60. The molecular formula is C31H30Cl2N4O4S. The molecule has 218 valence electrons. The molecule has 1 amide bonds. The van der Waals surface area contributed by atoms with Crippen molar-refractivity contribution < 1.29 is 18.7 Å². The number of likely N-dealkylation sites (tertiary alicyclic amines) is 1. The van der Waals surface area contributed by atoms with Crippen LogP contribution in [0.15, 0.2) is 58.5 Å². The number of hydrogen-bond acceptors (Lipinski definition) is 8. The normalized spacial score (nSPS) is 16.2. The van der Waals surface area contributed by atoms with E-state index in [0.717, 1.165) is 21.7 Å². The van der Waals surface area contributed by atoms with Crippen LogP contribution in [0.4, 0.5) is 5.13 Å². The number of ether oxygens (including phenoxy) is 2. The molecule has 0 saturated carbocycles. The molecule has 1 saturated heterocycles. The number of carbonyl (C=O) groups is 1. The number of thiazole rings is 1. The molecule has 8 nitrogen and oxygen atoms in total. The molecule has 5 aromatic rings. The Morgan fingerprint density at radius 2 is 1.93 bits per heavy atom. The Morgan fingerprint density at radius 1 is 1.14 bits per heavy atom. The number of anilines is 1. The number of fused-ring (bicyclic) bond motifs is 2. The highest BCUT2D eigenvalue weighted by atomic mass is 35.5. The summed E-state index contributed by atoms with van der Waals surface area (Å²) < 4.78 is 17.8. The van der Waals surface area contributed by atoms with Crippen LogP contribution in [-0.2, 0) is 4.79 Å². The summed E-state index contributed by atoms with van der Waals surface area (Å²) in [5, 5.41) is 9.75. The van der Waals surface area contributed by atoms with Gasteiger partial charge in [0, 0.05) is 44.5 Å². The van der Waals surface area contributed by atoms with Crippen molar-refractivity contribution in [2.45, 2.75) is 39.3 Å². The van der Waals surface area contributed by atoms with Gasteiger partial charge in [0.2, 0.25) is 11.8 Å². The van der Waals surface area contributed by atoms with Crippen molar-refractivity contribution >= 4 is 67.3 Å². The maximum Gasteiger partial charge on any atom is 0.245 e. The van der Waals surface area contributed by atoms with Crippen molar-refractivity contribution in [2.24, 2.45) is 5.41 Å². The van der Waals surface area contributed by atoms with E-state index in [1.165, 1.54) is 11.3 Å². The van der Waals surface area contributed by atoms with Crippen LogP contribution >= 0.6 is 34.5 Å². The quantitative estimate of drug-likeness (QED) is 0.197. The monoisotopic (exact) mass is 624 g/mol. The van der Waals surface area contributed by atoms with Gasteiger partial charge in [-0.05, 0) is 47.9 Å². The van der Waals surface area contributed by atoms with Crippen LogP contribution in [0.1, 0.15) is 27.2 Å². The van der Waals surface area contributed by atoms with Crippen molar-refractivity contribution in [1.29, 1.82) is 0 Å². The summed E-state index contributed by atoms with van der Waals surface area (Å²) in [5.74, 6) is 1.77. The second kappa shape index (κ2) is 11.3. The van der Waals surface area contributed by atoms with Crippen molar-refractivity contribution in [3.63, 3.8) is 0 Å². The maximum absolute atomic E-state index is 13.9. The zero-order valence-corrected chi connectivity index (χ0v) is 25.9. The predicted molar refractivity (Wildman–Crippen MR) is 168 cm³/mol. The summed E-state index contributed by atoms with van der Waals surface area (Å²) in [6.07, 6.45) is 2.13. The lowest BCUT2D eigenvalue weighted by Crippen LogP contribution is -2.49. The maximum atomic E-state index is 13.9. The van der Waals surface area contributed by atoms with Gasteiger partial charge < -0.3 is 24.1 Å². The second-order valence-electron chi connectivity index (χ2n) is 11.4. The molecule has 1 aliphatic heterocycles. The van der Waals surface area contributed by atoms with Gasteiger partial charge in [-0.2, -0.15) is 0 Å². The van der Waals surface area contributed by atoms with Gasteiger partial charge in [0.05, 0.1) is 19.9 Å². The van der Waals surface area contributed by atoms with Crippen LogP contribution in [0.5, 0.6) is 11.6 Å². The first-order valence-electron chi connectivity index (χ1n) is 13.6. The molecule has 2 aromatic carbocycles. The first-order valence-corrected chi connectivity index (χ1v) is 15.2. The molecule has 3 aromatic heterocycles. The van der Waals surface area contributed by atoms with Gasteiger partial charge in [-0.3, -0.25) is 4.79 Å². The number of rotatable bonds is 7. The van der Waals surface area contributed by atoms with Crippen LogP contribution in [0.2, 0.25) is 10.0 Å². The third-order valence-electron chi connectivity index (χ3n) is 7.35. The van der Waals surface area contributed by atoms with E-state index in [1.54, 1.807) is 19.4 Å². The molecule has 1 aliphatic rings. The number of amides is 1. The van der Waals surface area contributed by atoms with Crippen LogP contribution in [0, 0.1) is 5.41 Å². The van der Waals surface area contributed by atoms with Gasteiger partial charge in [-0.1, -0.05) is 44.0 Å². The summed E-state index contributed by atoms with van der Waals surface area (Å²) in [5.41, 5.74) is 1.07. The number of carbonyl (C=O) groups excluding carboxylic acids is 1. The molecule has 1 N–H and O–H groups in total. The highest BCUT2D eigenvalue weighted by Crippen LogP contribution is 2.36. The number of furan rings is 1. The molecule has 0 unspecified atom stereocenters. The van der Waals surface area contributed by atoms with Crippen molar-refractivity contribution in [3.05, 3.63) is 64.1 Å². The van der Waals surface area contributed by atoms with Gasteiger partial charge in [-0.15, -0.1) is 11.3 Å². The molecule has 0 radical (unpaired) electrons. The third-order valence-corrected chi connectivity index (χ3v) is 8.59. The number of hydrogen-bond donors (Lipinski definition) is 1. The number of halogens is 2. The van der Waals surface area contributed by atoms with E-state index < -0.39 is 6.04 Å². The molecule has 0 bridgehead atoms. The lowest BCUT2D eigenvalue weighted by atomic mass is 9.86. The summed E-state index contributed by atoms with van der Waals surface area (Å²) >= 11 is 13.8. The lowest BCUT2D eigenvalue weighted by Gasteiger charge is -2.33. The van der Waals surface area contributed by atoms with E-state index in [2.05, 4.69) is 10.3 Å². The van der Waals surface area contributed by atoms with E-state index >= 15 is 0 Å². The minimum Gasteiger partial charge on any atom is -0.494 e. The summed E-state index contributed by atoms with van der Waals surface area (Å²) in [6, 6.07) is 12.4. The average molecular weight is 626 g/mol. The van der Waals surface area contributed by atoms with E-state index in [4.69, 9.17) is 42.1 Å². The zero-order valence-electron chi connectivity index (χ0n) is 23.6. The SMILES string of the molecule is COc1cnc(O[C@@H]2CCN(C(=O)[C@@H](Nc3nc(-c4cc5cc(Cl)ccc5o4)cs3)C(C)(C)C)C2)c2cc(Cl)ccc12. The minimum absolute atomic E-state index is 0.000628. The molecule has 42 heavy (non-hydrogen) atoms. The van der Waals surface area contributed by atoms with Gasteiger partial charge in [0.15, 0.2) is 10.9 Å². The Balaban J connectivity index is 1.17. The zero-order chi connectivity index (χ0) is 29.6. The summed E-state index contributed by atoms with van der Waals surface area (Å²) in [4.78, 5) is 24.9. The number of pyridine rings is 1. The molecule has 1 fully saturated rings. The first kappa shape index (κ1) is 28.6. The standard InChI is InChI=1S/C31H30Cl2N4O4S/c1-31(2,3)27(36-30-35-23(16-42-30)25-12-17-11-18(32)6-8-24(17)41-25)29(38)37-10-9-20(15-37)40-28-22-13-19(33)5-7-21(22)26(39-4)14-34-28/h5-8,11-14,16,20,27H,9-10,15H2,1-4H3,(H,35,36)/t20-,27-/m1/s1. The Morgan fingerprint density at radius 3 is 2.71 bits per heavy atom. The highest BCUT2D eigenvalue weighted by Gasteiger charge is 2.38. The van der Waals surface area contributed by atoms with E-state index in [1.807, 2.05) is 67.4 Å². The number of nitrogens with one attached hydrogen (secondary N) is 1. The Hall–Kier alpha value is -3.53. The average Bonchev–Trinajstić information content (AvgIpc) is 3.70. The number of aromatic nitrogens is 2. The van der Waals surface area contributed by atoms with Crippen molar-refractivity contribution in [2.75, 3.05) is 25.5 Å². The largest absolute Gasteiger partial charge is 0.494 e.